The third-order valence-electron chi connectivity index (χ3n) is 12.3. The summed E-state index contributed by atoms with van der Waals surface area (Å²) in [4.78, 5) is 38.1. The van der Waals surface area contributed by atoms with Gasteiger partial charge in [-0.1, -0.05) is 246 Å². The van der Waals surface area contributed by atoms with E-state index in [1.54, 1.807) is 0 Å². The number of allylic oxidation sites excluding steroid dienone is 16. The molecule has 0 saturated carbocycles. The van der Waals surface area contributed by atoms with Gasteiger partial charge in [0, 0.05) is 19.3 Å². The second-order valence-corrected chi connectivity index (χ2v) is 19.2. The number of esters is 3. The lowest BCUT2D eigenvalue weighted by atomic mass is 10.1. The molecule has 0 heterocycles. The van der Waals surface area contributed by atoms with Gasteiger partial charge in [0.05, 0.1) is 0 Å². The van der Waals surface area contributed by atoms with E-state index in [-0.39, 0.29) is 31.1 Å². The topological polar surface area (TPSA) is 78.9 Å². The highest BCUT2D eigenvalue weighted by Gasteiger charge is 2.19. The van der Waals surface area contributed by atoms with Crippen molar-refractivity contribution < 1.29 is 28.6 Å². The molecule has 0 saturated heterocycles. The first kappa shape index (κ1) is 66.3. The Labute approximate surface area is 432 Å². The molecule has 0 spiro atoms. The lowest BCUT2D eigenvalue weighted by Crippen LogP contribution is -2.30. The van der Waals surface area contributed by atoms with E-state index in [1.807, 2.05) is 0 Å². The van der Waals surface area contributed by atoms with Crippen LogP contribution in [-0.4, -0.2) is 37.2 Å². The molecule has 70 heavy (non-hydrogen) atoms. The van der Waals surface area contributed by atoms with E-state index in [0.29, 0.717) is 19.3 Å². The van der Waals surface area contributed by atoms with Crippen LogP contribution in [0.25, 0.3) is 0 Å². The fourth-order valence-electron chi connectivity index (χ4n) is 7.95. The minimum absolute atomic E-state index is 0.0853. The summed E-state index contributed by atoms with van der Waals surface area (Å²) >= 11 is 0. The van der Waals surface area contributed by atoms with E-state index in [4.69, 9.17) is 14.2 Å². The molecule has 0 fully saturated rings. The number of ether oxygens (including phenoxy) is 3. The third-order valence-corrected chi connectivity index (χ3v) is 12.3. The summed E-state index contributed by atoms with van der Waals surface area (Å²) < 4.78 is 16.8. The highest BCUT2D eigenvalue weighted by Crippen LogP contribution is 2.15. The molecule has 400 valence electrons. The first-order chi connectivity index (χ1) is 34.5. The fourth-order valence-corrected chi connectivity index (χ4v) is 7.95. The summed E-state index contributed by atoms with van der Waals surface area (Å²) in [5.41, 5.74) is 0. The van der Waals surface area contributed by atoms with Crippen LogP contribution in [0.3, 0.4) is 0 Å². The van der Waals surface area contributed by atoms with Crippen LogP contribution in [0.1, 0.15) is 271 Å². The Morgan fingerprint density at radius 2 is 0.557 bits per heavy atom. The molecule has 6 heteroatoms. The minimum Gasteiger partial charge on any atom is -0.462 e. The van der Waals surface area contributed by atoms with Crippen molar-refractivity contribution in [3.63, 3.8) is 0 Å². The Morgan fingerprint density at radius 3 is 0.886 bits per heavy atom. The highest BCUT2D eigenvalue weighted by atomic mass is 16.6. The standard InChI is InChI=1S/C64H108O6/c1-4-7-10-13-16-19-22-24-26-27-28-29-30-31-32-33-34-35-36-37-38-40-42-45-48-51-54-57-63(66)69-60-61(59-68-62(65)56-53-50-47-44-41-21-18-15-12-9-6-3)70-64(67)58-55-52-49-46-43-39-25-23-20-17-14-11-8-5-2/h7,10,16,19,23-26,28-29,31-32,34-35,37-38,61H,4-6,8-9,11-15,17-18,20-22,27,30,33,36,39-60H2,1-3H3/b10-7-,19-16-,25-23-,26-24-,29-28-,32-31-,35-34-,38-37-. The molecule has 0 aromatic carbocycles. The van der Waals surface area contributed by atoms with Gasteiger partial charge in [0.2, 0.25) is 0 Å². The molecule has 0 amide bonds. The van der Waals surface area contributed by atoms with Crippen LogP contribution >= 0.6 is 0 Å². The van der Waals surface area contributed by atoms with Gasteiger partial charge in [0.25, 0.3) is 0 Å². The summed E-state index contributed by atoms with van der Waals surface area (Å²) in [7, 11) is 0. The maximum absolute atomic E-state index is 12.8. The molecule has 0 aliphatic carbocycles. The first-order valence-electron chi connectivity index (χ1n) is 29.2. The van der Waals surface area contributed by atoms with Crippen molar-refractivity contribution in [1.29, 1.82) is 0 Å². The summed E-state index contributed by atoms with van der Waals surface area (Å²) in [6.07, 6.45) is 76.8. The van der Waals surface area contributed by atoms with E-state index in [1.165, 1.54) is 96.3 Å². The number of carbonyl (C=O) groups excluding carboxylic acids is 3. The highest BCUT2D eigenvalue weighted by molar-refractivity contribution is 5.71. The van der Waals surface area contributed by atoms with Crippen LogP contribution in [0.5, 0.6) is 0 Å². The second-order valence-electron chi connectivity index (χ2n) is 19.2. The quantitative estimate of drug-likeness (QED) is 0.0262. The fraction of sp³-hybridized carbons (Fsp3) is 0.703. The molecule has 6 nitrogen and oxygen atoms in total. The van der Waals surface area contributed by atoms with Crippen LogP contribution in [0, 0.1) is 0 Å². The van der Waals surface area contributed by atoms with Gasteiger partial charge < -0.3 is 14.2 Å². The molecular formula is C64H108O6. The zero-order valence-electron chi connectivity index (χ0n) is 45.8. The van der Waals surface area contributed by atoms with Crippen molar-refractivity contribution >= 4 is 17.9 Å². The Balaban J connectivity index is 4.33. The average Bonchev–Trinajstić information content (AvgIpc) is 3.36. The lowest BCUT2D eigenvalue weighted by Gasteiger charge is -2.18. The molecular weight excluding hydrogens is 865 g/mol. The molecule has 1 atom stereocenters. The largest absolute Gasteiger partial charge is 0.462 e. The van der Waals surface area contributed by atoms with Crippen LogP contribution < -0.4 is 0 Å². The van der Waals surface area contributed by atoms with E-state index in [9.17, 15) is 14.4 Å². The van der Waals surface area contributed by atoms with Crippen LogP contribution in [0.2, 0.25) is 0 Å². The molecule has 0 aromatic rings. The Bertz CT molecular complexity index is 1400. The van der Waals surface area contributed by atoms with Gasteiger partial charge in [-0.2, -0.15) is 0 Å². The van der Waals surface area contributed by atoms with Crippen molar-refractivity contribution in [2.75, 3.05) is 13.2 Å². The zero-order chi connectivity index (χ0) is 50.7. The molecule has 0 radical (unpaired) electrons. The van der Waals surface area contributed by atoms with Gasteiger partial charge in [-0.3, -0.25) is 14.4 Å². The van der Waals surface area contributed by atoms with Crippen molar-refractivity contribution in [2.24, 2.45) is 0 Å². The minimum atomic E-state index is -0.788. The molecule has 1 unspecified atom stereocenters. The van der Waals surface area contributed by atoms with Gasteiger partial charge in [-0.25, -0.2) is 0 Å². The Hall–Kier alpha value is -3.67. The van der Waals surface area contributed by atoms with Crippen molar-refractivity contribution in [2.45, 2.75) is 277 Å². The summed E-state index contributed by atoms with van der Waals surface area (Å²) in [5.74, 6) is -0.911. The van der Waals surface area contributed by atoms with Gasteiger partial charge in [-0.15, -0.1) is 0 Å². The number of unbranched alkanes of at least 4 members (excludes halogenated alkanes) is 25. The molecule has 0 aliphatic heterocycles. The Morgan fingerprint density at radius 1 is 0.300 bits per heavy atom. The molecule has 0 rings (SSSR count). The Kier molecular flexibility index (Phi) is 54.9. The molecule has 0 bridgehead atoms. The van der Waals surface area contributed by atoms with Crippen LogP contribution in [0.4, 0.5) is 0 Å². The predicted octanol–water partition coefficient (Wildman–Crippen LogP) is 19.7. The number of hydrogen-bond donors (Lipinski definition) is 0. The first-order valence-corrected chi connectivity index (χ1v) is 29.2. The van der Waals surface area contributed by atoms with Gasteiger partial charge >= 0.3 is 17.9 Å². The van der Waals surface area contributed by atoms with Crippen molar-refractivity contribution in [3.05, 3.63) is 97.2 Å². The zero-order valence-corrected chi connectivity index (χ0v) is 45.8. The van der Waals surface area contributed by atoms with Gasteiger partial charge in [0.15, 0.2) is 6.10 Å². The lowest BCUT2D eigenvalue weighted by molar-refractivity contribution is -0.167. The van der Waals surface area contributed by atoms with Crippen LogP contribution in [-0.2, 0) is 28.6 Å². The maximum atomic E-state index is 12.8. The van der Waals surface area contributed by atoms with E-state index in [0.717, 1.165) is 135 Å². The van der Waals surface area contributed by atoms with Crippen molar-refractivity contribution in [3.8, 4) is 0 Å². The normalized spacial score (nSPS) is 12.8. The van der Waals surface area contributed by atoms with Gasteiger partial charge in [-0.05, 0) is 103 Å². The summed E-state index contributed by atoms with van der Waals surface area (Å²) in [5, 5.41) is 0. The monoisotopic (exact) mass is 973 g/mol. The number of hydrogen-bond acceptors (Lipinski definition) is 6. The van der Waals surface area contributed by atoms with Crippen LogP contribution in [0.15, 0.2) is 97.2 Å². The molecule has 0 aliphatic rings. The number of rotatable bonds is 52. The van der Waals surface area contributed by atoms with E-state index < -0.39 is 6.10 Å². The maximum Gasteiger partial charge on any atom is 0.306 e. The smallest absolute Gasteiger partial charge is 0.306 e. The average molecular weight is 974 g/mol. The second kappa shape index (κ2) is 57.9. The molecule has 0 aromatic heterocycles. The SMILES string of the molecule is CC/C=C\C/C=C\C/C=C\C/C=C\C/C=C\C/C=C\C/C=C\CCCCCCCC(=O)OCC(COC(=O)CCCCCCCCCCCCC)OC(=O)CCCCCCC/C=C\CCCCCCC. The van der Waals surface area contributed by atoms with E-state index >= 15 is 0 Å². The van der Waals surface area contributed by atoms with E-state index in [2.05, 4.69) is 118 Å². The van der Waals surface area contributed by atoms with Gasteiger partial charge in [0.1, 0.15) is 13.2 Å². The summed E-state index contributed by atoms with van der Waals surface area (Å²) in [6.45, 7) is 6.49. The predicted molar refractivity (Wildman–Crippen MR) is 302 cm³/mol. The summed E-state index contributed by atoms with van der Waals surface area (Å²) in [6, 6.07) is 0. The molecule has 0 N–H and O–H groups in total. The number of carbonyl (C=O) groups is 3. The van der Waals surface area contributed by atoms with Crippen molar-refractivity contribution in [1.82, 2.24) is 0 Å². The third kappa shape index (κ3) is 55.3.